The summed E-state index contributed by atoms with van der Waals surface area (Å²) in [5, 5.41) is 11.0. The third kappa shape index (κ3) is 4.21. The Bertz CT molecular complexity index is 468. The number of carbonyl (C=O) groups excluding carboxylic acids is 1. The van der Waals surface area contributed by atoms with E-state index in [0.717, 1.165) is 11.0 Å². The molecule has 0 fully saturated rings. The number of benzene rings is 1. The van der Waals surface area contributed by atoms with Gasteiger partial charge in [-0.25, -0.2) is 9.18 Å². The number of hydrogen-bond donors (Lipinski definition) is 2. The smallest absolute Gasteiger partial charge is 0.321 e. The number of carboxylic acids is 1. The number of aliphatic carboxylic acids is 1. The minimum atomic E-state index is -1.01. The number of anilines is 1. The van der Waals surface area contributed by atoms with E-state index in [9.17, 15) is 14.0 Å². The van der Waals surface area contributed by atoms with E-state index in [4.69, 9.17) is 16.7 Å². The van der Waals surface area contributed by atoms with Gasteiger partial charge in [0.1, 0.15) is 5.82 Å². The highest BCUT2D eigenvalue weighted by molar-refractivity contribution is 6.30. The van der Waals surface area contributed by atoms with E-state index in [1.54, 1.807) is 0 Å². The van der Waals surface area contributed by atoms with Crippen molar-refractivity contribution in [2.75, 3.05) is 18.9 Å². The van der Waals surface area contributed by atoms with Crippen molar-refractivity contribution < 1.29 is 19.1 Å². The topological polar surface area (TPSA) is 69.6 Å². The highest BCUT2D eigenvalue weighted by Gasteiger charge is 2.12. The van der Waals surface area contributed by atoms with Crippen LogP contribution < -0.4 is 5.32 Å². The average molecular weight is 275 g/mol. The van der Waals surface area contributed by atoms with Crippen LogP contribution in [0.4, 0.5) is 14.9 Å². The van der Waals surface area contributed by atoms with Crippen molar-refractivity contribution in [1.82, 2.24) is 4.90 Å². The number of nitrogens with zero attached hydrogens (tertiary/aromatic N) is 1. The average Bonchev–Trinajstić information content (AvgIpc) is 2.29. The molecule has 2 N–H and O–H groups in total. The first-order valence-corrected chi connectivity index (χ1v) is 5.47. The second-order valence-electron chi connectivity index (χ2n) is 3.62. The molecular formula is C11H12ClFN2O3. The molecule has 0 radical (unpaired) electrons. The molecule has 0 unspecified atom stereocenters. The summed E-state index contributed by atoms with van der Waals surface area (Å²) in [5.41, 5.74) is -0.00780. The standard InChI is InChI=1S/C11H12ClFN2O3/c1-15(5-4-10(16)17)11(18)14-9-3-2-7(12)6-8(9)13/h2-3,6H,4-5H2,1H3,(H,14,18)(H,16,17). The van der Waals surface area contributed by atoms with Crippen LogP contribution in [-0.2, 0) is 4.79 Å². The van der Waals surface area contributed by atoms with Gasteiger partial charge in [0, 0.05) is 18.6 Å². The Morgan fingerprint density at radius 1 is 1.50 bits per heavy atom. The molecule has 18 heavy (non-hydrogen) atoms. The summed E-state index contributed by atoms with van der Waals surface area (Å²) in [5.74, 6) is -1.66. The minimum Gasteiger partial charge on any atom is -0.481 e. The molecule has 1 aromatic rings. The van der Waals surface area contributed by atoms with E-state index in [0.29, 0.717) is 0 Å². The fourth-order valence-corrected chi connectivity index (χ4v) is 1.33. The number of carboxylic acid groups (broad SMARTS) is 1. The molecule has 0 aliphatic heterocycles. The molecule has 1 rings (SSSR count). The summed E-state index contributed by atoms with van der Waals surface area (Å²) in [6.45, 7) is 0.0381. The minimum absolute atomic E-state index is 0.00780. The van der Waals surface area contributed by atoms with E-state index in [-0.39, 0.29) is 23.7 Å². The first kappa shape index (κ1) is 14.2. The Hall–Kier alpha value is -1.82. The van der Waals surface area contributed by atoms with Crippen LogP contribution in [0.3, 0.4) is 0 Å². The maximum Gasteiger partial charge on any atom is 0.321 e. The van der Waals surface area contributed by atoms with E-state index in [1.165, 1.54) is 19.2 Å². The fourth-order valence-electron chi connectivity index (χ4n) is 1.17. The van der Waals surface area contributed by atoms with Gasteiger partial charge in [-0.2, -0.15) is 0 Å². The molecule has 1 aromatic carbocycles. The predicted molar refractivity (Wildman–Crippen MR) is 65.3 cm³/mol. The zero-order chi connectivity index (χ0) is 13.7. The molecule has 0 atom stereocenters. The zero-order valence-corrected chi connectivity index (χ0v) is 10.4. The van der Waals surface area contributed by atoms with Crippen LogP contribution in [0.25, 0.3) is 0 Å². The second-order valence-corrected chi connectivity index (χ2v) is 4.06. The van der Waals surface area contributed by atoms with Crippen LogP contribution in [0.1, 0.15) is 6.42 Å². The summed E-state index contributed by atoms with van der Waals surface area (Å²) in [4.78, 5) is 23.1. The zero-order valence-electron chi connectivity index (χ0n) is 9.61. The molecular weight excluding hydrogens is 263 g/mol. The van der Waals surface area contributed by atoms with Gasteiger partial charge >= 0.3 is 12.0 Å². The molecule has 5 nitrogen and oxygen atoms in total. The Morgan fingerprint density at radius 3 is 2.72 bits per heavy atom. The second kappa shape index (κ2) is 6.20. The molecule has 0 spiro atoms. The Kier molecular flexibility index (Phi) is 4.91. The van der Waals surface area contributed by atoms with Gasteiger partial charge in [-0.05, 0) is 18.2 Å². The summed E-state index contributed by atoms with van der Waals surface area (Å²) in [6.07, 6.45) is -0.174. The molecule has 0 aromatic heterocycles. The van der Waals surface area contributed by atoms with Crippen LogP contribution >= 0.6 is 11.6 Å². The molecule has 0 aliphatic carbocycles. The van der Waals surface area contributed by atoms with Gasteiger partial charge in [-0.15, -0.1) is 0 Å². The highest BCUT2D eigenvalue weighted by Crippen LogP contribution is 2.19. The van der Waals surface area contributed by atoms with Gasteiger partial charge in [0.15, 0.2) is 0 Å². The van der Waals surface area contributed by atoms with Crippen molar-refractivity contribution in [3.63, 3.8) is 0 Å². The SMILES string of the molecule is CN(CCC(=O)O)C(=O)Nc1ccc(Cl)cc1F. The van der Waals surface area contributed by atoms with Crippen LogP contribution in [0.15, 0.2) is 18.2 Å². The van der Waals surface area contributed by atoms with Crippen molar-refractivity contribution in [2.24, 2.45) is 0 Å². The van der Waals surface area contributed by atoms with Crippen LogP contribution in [-0.4, -0.2) is 35.6 Å². The molecule has 0 aliphatic rings. The Labute approximate surface area is 108 Å². The summed E-state index contributed by atoms with van der Waals surface area (Å²) in [7, 11) is 1.42. The first-order valence-electron chi connectivity index (χ1n) is 5.09. The predicted octanol–water partition coefficient (Wildman–Crippen LogP) is 2.42. The van der Waals surface area contributed by atoms with Crippen LogP contribution in [0.2, 0.25) is 5.02 Å². The molecule has 2 amide bonds. The van der Waals surface area contributed by atoms with Crippen LogP contribution in [0, 0.1) is 5.82 Å². The largest absolute Gasteiger partial charge is 0.481 e. The lowest BCUT2D eigenvalue weighted by atomic mass is 10.3. The van der Waals surface area contributed by atoms with Gasteiger partial charge in [0.2, 0.25) is 0 Å². The maximum absolute atomic E-state index is 13.4. The van der Waals surface area contributed by atoms with Crippen LogP contribution in [0.5, 0.6) is 0 Å². The van der Waals surface area contributed by atoms with E-state index >= 15 is 0 Å². The normalized spacial score (nSPS) is 9.94. The number of nitrogens with one attached hydrogen (secondary N) is 1. The molecule has 0 saturated heterocycles. The summed E-state index contributed by atoms with van der Waals surface area (Å²) >= 11 is 5.57. The third-order valence-corrected chi connectivity index (χ3v) is 2.42. The summed E-state index contributed by atoms with van der Waals surface area (Å²) < 4.78 is 13.4. The van der Waals surface area contributed by atoms with E-state index in [1.807, 2.05) is 0 Å². The van der Waals surface area contributed by atoms with Gasteiger partial charge in [0.25, 0.3) is 0 Å². The first-order chi connectivity index (χ1) is 8.40. The van der Waals surface area contributed by atoms with Crippen molar-refractivity contribution >= 4 is 29.3 Å². The Morgan fingerprint density at radius 2 is 2.17 bits per heavy atom. The summed E-state index contributed by atoms with van der Waals surface area (Å²) in [6, 6.07) is 3.27. The molecule has 7 heteroatoms. The lowest BCUT2D eigenvalue weighted by molar-refractivity contribution is -0.137. The Balaban J connectivity index is 2.61. The van der Waals surface area contributed by atoms with Crippen molar-refractivity contribution in [3.8, 4) is 0 Å². The lowest BCUT2D eigenvalue weighted by Gasteiger charge is -2.17. The van der Waals surface area contributed by atoms with E-state index in [2.05, 4.69) is 5.32 Å². The van der Waals surface area contributed by atoms with Gasteiger partial charge in [-0.1, -0.05) is 11.6 Å². The molecule has 0 bridgehead atoms. The number of carbonyl (C=O) groups is 2. The lowest BCUT2D eigenvalue weighted by Crippen LogP contribution is -2.33. The van der Waals surface area contributed by atoms with Crippen molar-refractivity contribution in [1.29, 1.82) is 0 Å². The quantitative estimate of drug-likeness (QED) is 0.886. The number of amides is 2. The molecule has 0 saturated carbocycles. The molecule has 0 heterocycles. The molecule has 98 valence electrons. The number of rotatable bonds is 4. The highest BCUT2D eigenvalue weighted by atomic mass is 35.5. The van der Waals surface area contributed by atoms with Crippen molar-refractivity contribution in [3.05, 3.63) is 29.0 Å². The van der Waals surface area contributed by atoms with Crippen molar-refractivity contribution in [2.45, 2.75) is 6.42 Å². The third-order valence-electron chi connectivity index (χ3n) is 2.18. The number of urea groups is 1. The monoisotopic (exact) mass is 274 g/mol. The van der Waals surface area contributed by atoms with Gasteiger partial charge < -0.3 is 15.3 Å². The van der Waals surface area contributed by atoms with Gasteiger partial charge in [0.05, 0.1) is 12.1 Å². The van der Waals surface area contributed by atoms with Gasteiger partial charge in [-0.3, -0.25) is 4.79 Å². The number of halogens is 2. The maximum atomic E-state index is 13.4. The number of hydrogen-bond acceptors (Lipinski definition) is 2. The van der Waals surface area contributed by atoms with E-state index < -0.39 is 17.8 Å². The fraction of sp³-hybridized carbons (Fsp3) is 0.273.